The summed E-state index contributed by atoms with van der Waals surface area (Å²) in [5.74, 6) is -0.971. The van der Waals surface area contributed by atoms with E-state index in [2.05, 4.69) is 25.7 Å². The molecule has 3 aromatic heterocycles. The number of carbonyl (C=O) groups excluding carboxylic acids is 2. The molecule has 0 spiro atoms. The van der Waals surface area contributed by atoms with Gasteiger partial charge in [0.25, 0.3) is 11.8 Å². The smallest absolute Gasteiger partial charge is 0.269 e. The van der Waals surface area contributed by atoms with E-state index in [0.717, 1.165) is 16.8 Å². The summed E-state index contributed by atoms with van der Waals surface area (Å²) in [6, 6.07) is 22.4. The molecule has 2 aromatic carbocycles. The standard InChI is InChI=1S/C28H21N7O2/c1-17-12-13-19(16-30-17)24-22(26-29-14-7-15-35(26)34-24)27(36)33-25-28(37)31-21-11-6-5-10-20(21)23(32-25)18-8-3-2-4-9-18/h2-16,25H,1H3,(H,31,37)(H,33,36)/t25-/m1/s1. The lowest BCUT2D eigenvalue weighted by Gasteiger charge is -2.13. The molecule has 4 heterocycles. The number of rotatable bonds is 4. The van der Waals surface area contributed by atoms with E-state index in [1.807, 2.05) is 73.7 Å². The molecule has 0 saturated heterocycles. The molecule has 2 N–H and O–H groups in total. The Morgan fingerprint density at radius 3 is 2.57 bits per heavy atom. The van der Waals surface area contributed by atoms with Crippen LogP contribution in [0.3, 0.4) is 0 Å². The molecule has 6 rings (SSSR count). The quantitative estimate of drug-likeness (QED) is 0.402. The second kappa shape index (κ2) is 9.12. The van der Waals surface area contributed by atoms with E-state index in [4.69, 9.17) is 4.99 Å². The number of aryl methyl sites for hydroxylation is 1. The Bertz CT molecular complexity index is 1670. The van der Waals surface area contributed by atoms with E-state index in [1.165, 1.54) is 4.52 Å². The van der Waals surface area contributed by atoms with Crippen molar-refractivity contribution in [2.24, 2.45) is 4.99 Å². The van der Waals surface area contributed by atoms with Crippen LogP contribution in [0.5, 0.6) is 0 Å². The normalized spacial score (nSPS) is 14.9. The maximum Gasteiger partial charge on any atom is 0.269 e. The van der Waals surface area contributed by atoms with Gasteiger partial charge in [0.05, 0.1) is 11.4 Å². The fourth-order valence-electron chi connectivity index (χ4n) is 4.28. The van der Waals surface area contributed by atoms with E-state index in [0.29, 0.717) is 28.3 Å². The second-order valence-corrected chi connectivity index (χ2v) is 8.55. The molecule has 0 aliphatic carbocycles. The minimum Gasteiger partial charge on any atom is -0.322 e. The van der Waals surface area contributed by atoms with Crippen LogP contribution < -0.4 is 10.6 Å². The van der Waals surface area contributed by atoms with Crippen molar-refractivity contribution in [2.45, 2.75) is 13.1 Å². The average Bonchev–Trinajstić information content (AvgIpc) is 3.25. The van der Waals surface area contributed by atoms with Crippen LogP contribution in [-0.4, -0.2) is 43.3 Å². The minimum absolute atomic E-state index is 0.234. The predicted molar refractivity (Wildman–Crippen MR) is 139 cm³/mol. The lowest BCUT2D eigenvalue weighted by Crippen LogP contribution is -2.42. The van der Waals surface area contributed by atoms with Gasteiger partial charge in [0.1, 0.15) is 11.3 Å². The van der Waals surface area contributed by atoms with Gasteiger partial charge in [-0.2, -0.15) is 5.10 Å². The van der Waals surface area contributed by atoms with Crippen LogP contribution in [-0.2, 0) is 4.79 Å². The highest BCUT2D eigenvalue weighted by Crippen LogP contribution is 2.27. The van der Waals surface area contributed by atoms with Crippen molar-refractivity contribution in [3.8, 4) is 11.3 Å². The number of nitrogens with one attached hydrogen (secondary N) is 2. The first kappa shape index (κ1) is 22.3. The van der Waals surface area contributed by atoms with Gasteiger partial charge in [-0.15, -0.1) is 0 Å². The number of benzodiazepines with no additional fused rings is 1. The summed E-state index contributed by atoms with van der Waals surface area (Å²) in [4.78, 5) is 40.4. The Kier molecular flexibility index (Phi) is 5.49. The van der Waals surface area contributed by atoms with Crippen LogP contribution in [0.25, 0.3) is 16.9 Å². The van der Waals surface area contributed by atoms with Crippen LogP contribution in [0.2, 0.25) is 0 Å². The van der Waals surface area contributed by atoms with Crippen LogP contribution in [0, 0.1) is 6.92 Å². The molecule has 2 amide bonds. The molecule has 9 nitrogen and oxygen atoms in total. The Labute approximate surface area is 211 Å². The zero-order chi connectivity index (χ0) is 25.4. The van der Waals surface area contributed by atoms with Gasteiger partial charge in [0.2, 0.25) is 6.17 Å². The number of benzene rings is 2. The summed E-state index contributed by atoms with van der Waals surface area (Å²) in [6.07, 6.45) is 3.78. The van der Waals surface area contributed by atoms with Crippen molar-refractivity contribution < 1.29 is 9.59 Å². The Morgan fingerprint density at radius 2 is 1.76 bits per heavy atom. The molecule has 0 saturated carbocycles. The van der Waals surface area contributed by atoms with Crippen LogP contribution in [0.1, 0.15) is 27.2 Å². The summed E-state index contributed by atoms with van der Waals surface area (Å²) >= 11 is 0. The summed E-state index contributed by atoms with van der Waals surface area (Å²) in [6.45, 7) is 1.88. The summed E-state index contributed by atoms with van der Waals surface area (Å²) in [5, 5.41) is 10.3. The topological polar surface area (TPSA) is 114 Å². The minimum atomic E-state index is -1.18. The van der Waals surface area contributed by atoms with Gasteiger partial charge in [0.15, 0.2) is 5.65 Å². The molecule has 0 unspecified atom stereocenters. The zero-order valence-corrected chi connectivity index (χ0v) is 19.8. The zero-order valence-electron chi connectivity index (χ0n) is 19.8. The summed E-state index contributed by atoms with van der Waals surface area (Å²) < 4.78 is 1.53. The third-order valence-corrected chi connectivity index (χ3v) is 6.07. The Morgan fingerprint density at radius 1 is 0.946 bits per heavy atom. The van der Waals surface area contributed by atoms with Crippen LogP contribution in [0.4, 0.5) is 5.69 Å². The molecular formula is C28H21N7O2. The molecule has 0 radical (unpaired) electrons. The first-order valence-electron chi connectivity index (χ1n) is 11.7. The molecule has 1 aliphatic heterocycles. The van der Waals surface area contributed by atoms with E-state index < -0.39 is 18.0 Å². The molecule has 0 fully saturated rings. The molecule has 1 atom stereocenters. The number of aliphatic imine (C=N–C) groups is 1. The van der Waals surface area contributed by atoms with Crippen molar-refractivity contribution in [1.82, 2.24) is 24.9 Å². The average molecular weight is 488 g/mol. The third kappa shape index (κ3) is 4.12. The number of nitrogens with zero attached hydrogens (tertiary/aromatic N) is 5. The lowest BCUT2D eigenvalue weighted by molar-refractivity contribution is -0.117. The molecule has 180 valence electrons. The van der Waals surface area contributed by atoms with Crippen molar-refractivity contribution >= 4 is 28.9 Å². The van der Waals surface area contributed by atoms with E-state index >= 15 is 0 Å². The highest BCUT2D eigenvalue weighted by Gasteiger charge is 2.30. The number of hydrogen-bond acceptors (Lipinski definition) is 6. The molecule has 37 heavy (non-hydrogen) atoms. The largest absolute Gasteiger partial charge is 0.322 e. The summed E-state index contributed by atoms with van der Waals surface area (Å²) in [5.41, 5.74) is 5.32. The number of hydrogen-bond donors (Lipinski definition) is 2. The summed E-state index contributed by atoms with van der Waals surface area (Å²) in [7, 11) is 0. The second-order valence-electron chi connectivity index (χ2n) is 8.55. The van der Waals surface area contributed by atoms with Crippen molar-refractivity contribution in [3.05, 3.63) is 114 Å². The number of amides is 2. The number of para-hydroxylation sites is 1. The van der Waals surface area contributed by atoms with Gasteiger partial charge < -0.3 is 10.6 Å². The van der Waals surface area contributed by atoms with E-state index in [-0.39, 0.29) is 5.56 Å². The maximum absolute atomic E-state index is 13.7. The van der Waals surface area contributed by atoms with Crippen molar-refractivity contribution in [2.75, 3.05) is 5.32 Å². The molecule has 0 bridgehead atoms. The van der Waals surface area contributed by atoms with Gasteiger partial charge >= 0.3 is 0 Å². The van der Waals surface area contributed by atoms with Gasteiger partial charge in [-0.3, -0.25) is 14.6 Å². The maximum atomic E-state index is 13.7. The highest BCUT2D eigenvalue weighted by molar-refractivity contribution is 6.20. The van der Waals surface area contributed by atoms with Crippen molar-refractivity contribution in [3.63, 3.8) is 0 Å². The third-order valence-electron chi connectivity index (χ3n) is 6.07. The first-order chi connectivity index (χ1) is 18.1. The Hall–Kier alpha value is -5.18. The van der Waals surface area contributed by atoms with E-state index in [1.54, 1.807) is 24.7 Å². The van der Waals surface area contributed by atoms with Crippen LogP contribution in [0.15, 0.2) is 96.4 Å². The van der Waals surface area contributed by atoms with Gasteiger partial charge in [-0.1, -0.05) is 48.5 Å². The van der Waals surface area contributed by atoms with Crippen molar-refractivity contribution in [1.29, 1.82) is 0 Å². The lowest BCUT2D eigenvalue weighted by atomic mass is 10.0. The molecular weight excluding hydrogens is 466 g/mol. The molecule has 5 aromatic rings. The first-order valence-corrected chi connectivity index (χ1v) is 11.7. The van der Waals surface area contributed by atoms with Gasteiger partial charge in [0, 0.05) is 41.0 Å². The fraction of sp³-hybridized carbons (Fsp3) is 0.0714. The number of carbonyl (C=O) groups is 2. The fourth-order valence-corrected chi connectivity index (χ4v) is 4.28. The number of pyridine rings is 1. The molecule has 9 heteroatoms. The monoisotopic (exact) mass is 487 g/mol. The van der Waals surface area contributed by atoms with Gasteiger partial charge in [-0.05, 0) is 31.2 Å². The molecule has 1 aliphatic rings. The number of anilines is 1. The van der Waals surface area contributed by atoms with Gasteiger partial charge in [-0.25, -0.2) is 14.5 Å². The number of aromatic nitrogens is 4. The highest BCUT2D eigenvalue weighted by atomic mass is 16.2. The van der Waals surface area contributed by atoms with Crippen LogP contribution >= 0.6 is 0 Å². The Balaban J connectivity index is 1.44. The SMILES string of the molecule is Cc1ccc(-c2nn3cccnc3c2C(=O)N[C@H]2N=C(c3ccccc3)c3ccccc3NC2=O)cn1. The number of fused-ring (bicyclic) bond motifs is 2. The predicted octanol–water partition coefficient (Wildman–Crippen LogP) is 3.65. The van der Waals surface area contributed by atoms with E-state index in [9.17, 15) is 9.59 Å².